The zero-order valence-electron chi connectivity index (χ0n) is 13.1. The van der Waals surface area contributed by atoms with Crippen LogP contribution in [0.1, 0.15) is 46.0 Å². The highest BCUT2D eigenvalue weighted by Crippen LogP contribution is 2.58. The number of esters is 1. The molecule has 1 heterocycles. The largest absolute Gasteiger partial charge is 0.465 e. The first-order chi connectivity index (χ1) is 10.1. The van der Waals surface area contributed by atoms with Gasteiger partial charge in [0.2, 0.25) is 0 Å². The van der Waals surface area contributed by atoms with E-state index in [4.69, 9.17) is 4.74 Å². The van der Waals surface area contributed by atoms with Crippen molar-refractivity contribution in [2.24, 2.45) is 10.8 Å². The van der Waals surface area contributed by atoms with Crippen LogP contribution in [0.15, 0.2) is 11.6 Å². The van der Waals surface area contributed by atoms with E-state index in [9.17, 15) is 9.59 Å². The summed E-state index contributed by atoms with van der Waals surface area (Å²) in [6, 6.07) is 0. The van der Waals surface area contributed by atoms with Crippen molar-refractivity contribution in [3.05, 3.63) is 11.6 Å². The molecule has 21 heavy (non-hydrogen) atoms. The molecule has 2 aliphatic carbocycles. The SMILES string of the molecule is CCOC(=O)[C@@]12CCC[C@]3(CCC(=O)C=C31)CN(CC)C2. The van der Waals surface area contributed by atoms with Crippen LogP contribution in [0.25, 0.3) is 0 Å². The number of likely N-dealkylation sites (tertiary alicyclic amines) is 1. The predicted octanol–water partition coefficient (Wildman–Crippen LogP) is 2.33. The maximum Gasteiger partial charge on any atom is 0.317 e. The molecule has 0 unspecified atom stereocenters. The molecule has 3 rings (SSSR count). The van der Waals surface area contributed by atoms with Gasteiger partial charge in [-0.25, -0.2) is 0 Å². The molecule has 1 saturated carbocycles. The number of carbonyl (C=O) groups is 2. The monoisotopic (exact) mass is 291 g/mol. The van der Waals surface area contributed by atoms with Crippen molar-refractivity contribution in [2.75, 3.05) is 26.2 Å². The van der Waals surface area contributed by atoms with Crippen LogP contribution in [0.3, 0.4) is 0 Å². The van der Waals surface area contributed by atoms with Gasteiger partial charge in [-0.1, -0.05) is 13.3 Å². The first-order valence-corrected chi connectivity index (χ1v) is 8.21. The van der Waals surface area contributed by atoms with Crippen LogP contribution >= 0.6 is 0 Å². The third-order valence-electron chi connectivity index (χ3n) is 5.63. The summed E-state index contributed by atoms with van der Waals surface area (Å²) < 4.78 is 5.41. The first kappa shape index (κ1) is 14.8. The molecule has 2 bridgehead atoms. The Bertz CT molecular complexity index is 498. The molecule has 0 aromatic heterocycles. The van der Waals surface area contributed by atoms with Crippen molar-refractivity contribution in [1.82, 2.24) is 4.90 Å². The van der Waals surface area contributed by atoms with E-state index in [2.05, 4.69) is 11.8 Å². The topological polar surface area (TPSA) is 46.6 Å². The van der Waals surface area contributed by atoms with E-state index in [1.165, 1.54) is 0 Å². The Morgan fingerprint density at radius 3 is 2.81 bits per heavy atom. The van der Waals surface area contributed by atoms with Crippen molar-refractivity contribution >= 4 is 11.8 Å². The second-order valence-electron chi connectivity index (χ2n) is 6.76. The van der Waals surface area contributed by atoms with Crippen molar-refractivity contribution in [2.45, 2.75) is 46.0 Å². The number of hydrogen-bond acceptors (Lipinski definition) is 4. The number of ketones is 1. The van der Waals surface area contributed by atoms with Crippen LogP contribution in [0.5, 0.6) is 0 Å². The number of nitrogens with zero attached hydrogens (tertiary/aromatic N) is 1. The van der Waals surface area contributed by atoms with Gasteiger partial charge in [0, 0.05) is 24.9 Å². The van der Waals surface area contributed by atoms with Gasteiger partial charge in [-0.05, 0) is 44.4 Å². The summed E-state index contributed by atoms with van der Waals surface area (Å²) >= 11 is 0. The lowest BCUT2D eigenvalue weighted by Gasteiger charge is -2.57. The van der Waals surface area contributed by atoms with Crippen LogP contribution in [0.2, 0.25) is 0 Å². The van der Waals surface area contributed by atoms with E-state index < -0.39 is 5.41 Å². The summed E-state index contributed by atoms with van der Waals surface area (Å²) in [4.78, 5) is 27.1. The minimum Gasteiger partial charge on any atom is -0.465 e. The quantitative estimate of drug-likeness (QED) is 0.749. The van der Waals surface area contributed by atoms with Crippen LogP contribution in [-0.4, -0.2) is 42.9 Å². The summed E-state index contributed by atoms with van der Waals surface area (Å²) in [7, 11) is 0. The van der Waals surface area contributed by atoms with Gasteiger partial charge < -0.3 is 9.64 Å². The normalized spacial score (nSPS) is 35.9. The number of allylic oxidation sites excluding steroid dienone is 1. The molecule has 4 nitrogen and oxygen atoms in total. The molecule has 0 radical (unpaired) electrons. The van der Waals surface area contributed by atoms with Crippen molar-refractivity contribution in [1.29, 1.82) is 0 Å². The lowest BCUT2D eigenvalue weighted by molar-refractivity contribution is -0.160. The third kappa shape index (κ3) is 2.15. The highest BCUT2D eigenvalue weighted by Gasteiger charge is 2.59. The van der Waals surface area contributed by atoms with Crippen molar-refractivity contribution < 1.29 is 14.3 Å². The average Bonchev–Trinajstić information content (AvgIpc) is 2.46. The third-order valence-corrected chi connectivity index (χ3v) is 5.63. The molecular formula is C17H25NO3. The Hall–Kier alpha value is -1.16. The summed E-state index contributed by atoms with van der Waals surface area (Å²) in [6.45, 7) is 7.05. The maximum absolute atomic E-state index is 12.7. The van der Waals surface area contributed by atoms with Gasteiger partial charge in [0.15, 0.2) is 5.78 Å². The van der Waals surface area contributed by atoms with Gasteiger partial charge in [-0.2, -0.15) is 0 Å². The molecule has 1 saturated heterocycles. The van der Waals surface area contributed by atoms with Crippen LogP contribution in [0.4, 0.5) is 0 Å². The molecule has 0 aromatic rings. The number of ether oxygens (including phenoxy) is 1. The van der Waals surface area contributed by atoms with Crippen molar-refractivity contribution in [3.8, 4) is 0 Å². The van der Waals surface area contributed by atoms with Gasteiger partial charge >= 0.3 is 5.97 Å². The number of hydrogen-bond donors (Lipinski definition) is 0. The molecule has 0 aromatic carbocycles. The Labute approximate surface area is 126 Å². The van der Waals surface area contributed by atoms with E-state index in [-0.39, 0.29) is 17.2 Å². The van der Waals surface area contributed by atoms with Gasteiger partial charge in [0.25, 0.3) is 0 Å². The molecule has 4 heteroatoms. The molecular weight excluding hydrogens is 266 g/mol. The smallest absolute Gasteiger partial charge is 0.317 e. The van der Waals surface area contributed by atoms with E-state index in [1.54, 1.807) is 6.08 Å². The van der Waals surface area contributed by atoms with Gasteiger partial charge in [0.05, 0.1) is 6.61 Å². The highest BCUT2D eigenvalue weighted by molar-refractivity contribution is 5.94. The second kappa shape index (κ2) is 5.24. The lowest BCUT2D eigenvalue weighted by Crippen LogP contribution is -2.61. The summed E-state index contributed by atoms with van der Waals surface area (Å²) in [5, 5.41) is 0. The number of carbonyl (C=O) groups excluding carboxylic acids is 2. The fraction of sp³-hybridized carbons (Fsp3) is 0.765. The van der Waals surface area contributed by atoms with E-state index >= 15 is 0 Å². The lowest BCUT2D eigenvalue weighted by atomic mass is 9.52. The summed E-state index contributed by atoms with van der Waals surface area (Å²) in [5.74, 6) is 0.0642. The fourth-order valence-corrected chi connectivity index (χ4v) is 4.69. The molecule has 0 amide bonds. The van der Waals surface area contributed by atoms with Gasteiger partial charge in [-0.3, -0.25) is 9.59 Å². The van der Waals surface area contributed by atoms with E-state index in [0.29, 0.717) is 19.6 Å². The minimum absolute atomic E-state index is 0.0349. The first-order valence-electron chi connectivity index (χ1n) is 8.21. The fourth-order valence-electron chi connectivity index (χ4n) is 4.69. The zero-order chi connectivity index (χ0) is 15.1. The van der Waals surface area contributed by atoms with Crippen LogP contribution in [0, 0.1) is 10.8 Å². The molecule has 1 aliphatic heterocycles. The summed E-state index contributed by atoms with van der Waals surface area (Å²) in [6.07, 6.45) is 6.30. The molecule has 0 spiro atoms. The number of rotatable bonds is 3. The predicted molar refractivity (Wildman–Crippen MR) is 79.8 cm³/mol. The maximum atomic E-state index is 12.7. The van der Waals surface area contributed by atoms with E-state index in [1.807, 2.05) is 6.92 Å². The average molecular weight is 291 g/mol. The van der Waals surface area contributed by atoms with Crippen molar-refractivity contribution in [3.63, 3.8) is 0 Å². The Balaban J connectivity index is 2.09. The second-order valence-corrected chi connectivity index (χ2v) is 6.76. The Kier molecular flexibility index (Phi) is 3.68. The van der Waals surface area contributed by atoms with Crippen LogP contribution < -0.4 is 0 Å². The Morgan fingerprint density at radius 2 is 2.10 bits per heavy atom. The molecule has 2 fully saturated rings. The minimum atomic E-state index is -0.571. The van der Waals surface area contributed by atoms with Crippen LogP contribution in [-0.2, 0) is 14.3 Å². The highest BCUT2D eigenvalue weighted by atomic mass is 16.5. The molecule has 2 atom stereocenters. The summed E-state index contributed by atoms with van der Waals surface area (Å²) in [5.41, 5.74) is 0.562. The molecule has 0 N–H and O–H groups in total. The molecule has 3 aliphatic rings. The van der Waals surface area contributed by atoms with Gasteiger partial charge in [-0.15, -0.1) is 0 Å². The molecule has 116 valence electrons. The Morgan fingerprint density at radius 1 is 1.29 bits per heavy atom. The van der Waals surface area contributed by atoms with Gasteiger partial charge in [0.1, 0.15) is 5.41 Å². The zero-order valence-corrected chi connectivity index (χ0v) is 13.1. The van der Waals surface area contributed by atoms with E-state index in [0.717, 1.165) is 44.3 Å². The standard InChI is InChI=1S/C17H25NO3/c1-3-18-11-16-7-5-8-17(12-18,15(20)21-4-2)14(16)10-13(19)6-9-16/h10H,3-9,11-12H2,1-2H3/t16-,17+/m0/s1. The number of piperidine rings is 1.